The molecule has 25 heavy (non-hydrogen) atoms. The molecule has 4 aromatic rings. The number of aromatic nitrogens is 6. The average molecular weight is 333 g/mol. The van der Waals surface area contributed by atoms with Crippen LogP contribution in [0.5, 0.6) is 0 Å². The number of fused-ring (bicyclic) bond motifs is 4. The van der Waals surface area contributed by atoms with Gasteiger partial charge in [-0.3, -0.25) is 4.57 Å². The number of para-hydroxylation sites is 1. The van der Waals surface area contributed by atoms with Crippen LogP contribution in [-0.2, 0) is 6.54 Å². The van der Waals surface area contributed by atoms with Gasteiger partial charge in [0.1, 0.15) is 16.9 Å². The van der Waals surface area contributed by atoms with E-state index in [4.69, 9.17) is 15.8 Å². The van der Waals surface area contributed by atoms with E-state index in [1.54, 1.807) is 4.68 Å². The first-order valence-corrected chi connectivity index (χ1v) is 7.97. The summed E-state index contributed by atoms with van der Waals surface area (Å²) in [5.41, 5.74) is 4.79. The lowest BCUT2D eigenvalue weighted by atomic mass is 10.3. The summed E-state index contributed by atoms with van der Waals surface area (Å²) in [6.07, 6.45) is 0. The Labute approximate surface area is 141 Å². The van der Waals surface area contributed by atoms with Gasteiger partial charge in [0.25, 0.3) is 0 Å². The molecule has 1 aliphatic heterocycles. The maximum atomic E-state index is 5.50. The number of nitrogens with zero attached hydrogens (tertiary/aromatic N) is 7. The van der Waals surface area contributed by atoms with E-state index in [-0.39, 0.29) is 0 Å². The molecule has 9 nitrogen and oxygen atoms in total. The van der Waals surface area contributed by atoms with Crippen LogP contribution in [0.15, 0.2) is 35.4 Å². The van der Waals surface area contributed by atoms with Crippen LogP contribution in [0.3, 0.4) is 0 Å². The molecule has 9 heteroatoms. The van der Waals surface area contributed by atoms with Crippen LogP contribution in [0.4, 0.5) is 5.82 Å². The summed E-state index contributed by atoms with van der Waals surface area (Å²) in [6, 6.07) is 9.84. The normalized spacial score (nSPS) is 14.2. The van der Waals surface area contributed by atoms with E-state index in [1.807, 2.05) is 41.8 Å². The lowest BCUT2D eigenvalue weighted by Gasteiger charge is -2.07. The quantitative estimate of drug-likeness (QED) is 0.391. The topological polar surface area (TPSA) is 112 Å². The lowest BCUT2D eigenvalue weighted by molar-refractivity contribution is 0.716. The lowest BCUT2D eigenvalue weighted by Crippen LogP contribution is -2.25. The molecule has 3 aromatic heterocycles. The smallest absolute Gasteiger partial charge is 0.250 e. The first kappa shape index (κ1) is 13.9. The number of nitrogens with two attached hydrogens (primary N) is 1. The van der Waals surface area contributed by atoms with Gasteiger partial charge in [0.15, 0.2) is 11.3 Å². The zero-order valence-electron chi connectivity index (χ0n) is 13.5. The van der Waals surface area contributed by atoms with E-state index in [0.29, 0.717) is 22.4 Å². The first-order valence-electron chi connectivity index (χ1n) is 7.97. The van der Waals surface area contributed by atoms with E-state index in [1.165, 1.54) is 0 Å². The van der Waals surface area contributed by atoms with Crippen LogP contribution >= 0.6 is 0 Å². The zero-order chi connectivity index (χ0) is 17.0. The molecule has 0 bridgehead atoms. The number of hydrogen-bond acceptors (Lipinski definition) is 7. The molecule has 124 valence electrons. The third-order valence-electron chi connectivity index (χ3n) is 4.34. The molecule has 0 fully saturated rings. The standard InChI is InChI=1S/C16H15N9/c1-9-11-15(25(23-9)10-5-3-2-4-6-10)20-13-12(19-11)14-18-7-8-24(14)16(21-13)22-17/h2-6,18H,7-8,17H2,1H3/b22-16+. The number of rotatable bonds is 1. The van der Waals surface area contributed by atoms with Gasteiger partial charge in [-0.2, -0.15) is 10.1 Å². The fraction of sp³-hybridized carbons (Fsp3) is 0.188. The number of anilines is 1. The summed E-state index contributed by atoms with van der Waals surface area (Å²) in [5, 5.41) is 11.7. The summed E-state index contributed by atoms with van der Waals surface area (Å²) in [5.74, 6) is 6.34. The molecule has 0 atom stereocenters. The monoisotopic (exact) mass is 333 g/mol. The van der Waals surface area contributed by atoms with E-state index >= 15 is 0 Å². The molecule has 0 amide bonds. The van der Waals surface area contributed by atoms with Crippen molar-refractivity contribution in [1.29, 1.82) is 0 Å². The Balaban J connectivity index is 1.90. The Bertz CT molecular complexity index is 1190. The summed E-state index contributed by atoms with van der Waals surface area (Å²) < 4.78 is 3.70. The highest BCUT2D eigenvalue weighted by Gasteiger charge is 2.20. The molecule has 3 N–H and O–H groups in total. The van der Waals surface area contributed by atoms with Crippen molar-refractivity contribution in [3.05, 3.63) is 41.6 Å². The Morgan fingerprint density at radius 1 is 1.12 bits per heavy atom. The number of aryl methyl sites for hydroxylation is 1. The molecule has 0 radical (unpaired) electrons. The minimum absolute atomic E-state index is 0.434. The predicted molar refractivity (Wildman–Crippen MR) is 92.9 cm³/mol. The highest BCUT2D eigenvalue weighted by Crippen LogP contribution is 2.25. The highest BCUT2D eigenvalue weighted by atomic mass is 15.3. The molecule has 5 rings (SSSR count). The molecule has 1 aliphatic rings. The molecule has 1 aromatic carbocycles. The molecule has 0 saturated heterocycles. The SMILES string of the molecule is Cc1nn(-c2ccccc2)c2nc3n/c(=N\N)n4c(c3nc12)NCC4. The Hall–Kier alpha value is -3.49. The number of nitrogens with one attached hydrogen (secondary N) is 1. The number of benzene rings is 1. The van der Waals surface area contributed by atoms with Gasteiger partial charge in [-0.25, -0.2) is 14.6 Å². The van der Waals surface area contributed by atoms with E-state index < -0.39 is 0 Å². The molecule has 0 unspecified atom stereocenters. The molecule has 4 heterocycles. The van der Waals surface area contributed by atoms with E-state index in [9.17, 15) is 0 Å². The minimum Gasteiger partial charge on any atom is -0.368 e. The van der Waals surface area contributed by atoms with Crippen molar-refractivity contribution in [2.24, 2.45) is 10.9 Å². The van der Waals surface area contributed by atoms with Gasteiger partial charge >= 0.3 is 0 Å². The largest absolute Gasteiger partial charge is 0.368 e. The van der Waals surface area contributed by atoms with Crippen molar-refractivity contribution in [1.82, 2.24) is 29.3 Å². The van der Waals surface area contributed by atoms with Crippen LogP contribution in [0, 0.1) is 6.92 Å². The van der Waals surface area contributed by atoms with Crippen molar-refractivity contribution in [3.8, 4) is 5.69 Å². The van der Waals surface area contributed by atoms with Crippen LogP contribution in [0.25, 0.3) is 28.0 Å². The predicted octanol–water partition coefficient (Wildman–Crippen LogP) is 0.674. The summed E-state index contributed by atoms with van der Waals surface area (Å²) >= 11 is 0. The van der Waals surface area contributed by atoms with Gasteiger partial charge in [-0.1, -0.05) is 18.2 Å². The minimum atomic E-state index is 0.434. The summed E-state index contributed by atoms with van der Waals surface area (Å²) in [6.45, 7) is 3.46. The van der Waals surface area contributed by atoms with Crippen molar-refractivity contribution in [3.63, 3.8) is 0 Å². The Morgan fingerprint density at radius 2 is 1.96 bits per heavy atom. The average Bonchev–Trinajstić information content (AvgIpc) is 3.26. The van der Waals surface area contributed by atoms with Crippen molar-refractivity contribution >= 4 is 28.1 Å². The fourth-order valence-electron chi connectivity index (χ4n) is 3.20. The van der Waals surface area contributed by atoms with Gasteiger partial charge in [-0.15, -0.1) is 5.10 Å². The fourth-order valence-corrected chi connectivity index (χ4v) is 3.20. The molecular weight excluding hydrogens is 318 g/mol. The van der Waals surface area contributed by atoms with Gasteiger partial charge < -0.3 is 11.2 Å². The second kappa shape index (κ2) is 5.00. The van der Waals surface area contributed by atoms with Gasteiger partial charge in [0.2, 0.25) is 5.62 Å². The maximum absolute atomic E-state index is 5.50. The van der Waals surface area contributed by atoms with Crippen LogP contribution < -0.4 is 16.8 Å². The van der Waals surface area contributed by atoms with E-state index in [2.05, 4.69) is 20.5 Å². The third-order valence-corrected chi connectivity index (χ3v) is 4.34. The second-order valence-electron chi connectivity index (χ2n) is 5.87. The van der Waals surface area contributed by atoms with Crippen LogP contribution in [0.2, 0.25) is 0 Å². The molecule has 0 aliphatic carbocycles. The van der Waals surface area contributed by atoms with Gasteiger partial charge in [0, 0.05) is 13.1 Å². The van der Waals surface area contributed by atoms with E-state index in [0.717, 1.165) is 35.8 Å². The van der Waals surface area contributed by atoms with Crippen LogP contribution in [-0.4, -0.2) is 35.8 Å². The molecule has 0 spiro atoms. The summed E-state index contributed by atoms with van der Waals surface area (Å²) in [7, 11) is 0. The zero-order valence-corrected chi connectivity index (χ0v) is 13.5. The van der Waals surface area contributed by atoms with Crippen molar-refractivity contribution < 1.29 is 0 Å². The van der Waals surface area contributed by atoms with Gasteiger partial charge in [0.05, 0.1) is 11.4 Å². The first-order chi connectivity index (χ1) is 12.3. The molecule has 0 saturated carbocycles. The molecular formula is C16H15N9. The summed E-state index contributed by atoms with van der Waals surface area (Å²) in [4.78, 5) is 14.0. The highest BCUT2D eigenvalue weighted by molar-refractivity contribution is 5.90. The third kappa shape index (κ3) is 1.92. The number of hydrogen-bond donors (Lipinski definition) is 2. The Morgan fingerprint density at radius 3 is 2.76 bits per heavy atom. The second-order valence-corrected chi connectivity index (χ2v) is 5.87. The van der Waals surface area contributed by atoms with Gasteiger partial charge in [-0.05, 0) is 19.1 Å². The van der Waals surface area contributed by atoms with Crippen molar-refractivity contribution in [2.45, 2.75) is 13.5 Å². The maximum Gasteiger partial charge on any atom is 0.250 e. The van der Waals surface area contributed by atoms with Crippen molar-refractivity contribution in [2.75, 3.05) is 11.9 Å². The Kier molecular flexibility index (Phi) is 2.78. The van der Waals surface area contributed by atoms with Crippen LogP contribution in [0.1, 0.15) is 5.69 Å².